The Balaban J connectivity index is 1.78. The molecule has 20 heavy (non-hydrogen) atoms. The first-order valence-electron chi connectivity index (χ1n) is 8.44. The largest absolute Gasteiger partial charge is 0.342 e. The van der Waals surface area contributed by atoms with Gasteiger partial charge < -0.3 is 10.2 Å². The average Bonchev–Trinajstić information content (AvgIpc) is 2.48. The Labute approximate surface area is 123 Å². The molecule has 0 spiro atoms. The molecule has 2 unspecified atom stereocenters. The number of likely N-dealkylation sites (tertiary alicyclic amines) is 2. The summed E-state index contributed by atoms with van der Waals surface area (Å²) in [7, 11) is 0. The molecule has 0 aromatic rings. The maximum atomic E-state index is 12.3. The van der Waals surface area contributed by atoms with Crippen molar-refractivity contribution in [2.24, 2.45) is 5.92 Å². The van der Waals surface area contributed by atoms with Crippen molar-refractivity contribution in [2.75, 3.05) is 39.3 Å². The number of nitrogens with zero attached hydrogens (tertiary/aromatic N) is 2. The number of nitrogens with one attached hydrogen (secondary N) is 1. The first-order chi connectivity index (χ1) is 9.70. The van der Waals surface area contributed by atoms with Crippen molar-refractivity contribution in [3.63, 3.8) is 0 Å². The zero-order chi connectivity index (χ0) is 14.4. The third-order valence-electron chi connectivity index (χ3n) is 4.84. The normalized spacial score (nSPS) is 26.5. The summed E-state index contributed by atoms with van der Waals surface area (Å²) < 4.78 is 0. The number of hydrogen-bond acceptors (Lipinski definition) is 3. The summed E-state index contributed by atoms with van der Waals surface area (Å²) in [6.07, 6.45) is 6.18. The monoisotopic (exact) mass is 281 g/mol. The van der Waals surface area contributed by atoms with Crippen molar-refractivity contribution in [3.05, 3.63) is 0 Å². The van der Waals surface area contributed by atoms with Gasteiger partial charge in [-0.15, -0.1) is 0 Å². The van der Waals surface area contributed by atoms with Crippen molar-refractivity contribution in [3.8, 4) is 0 Å². The number of rotatable bonds is 5. The minimum atomic E-state index is 0.349. The summed E-state index contributed by atoms with van der Waals surface area (Å²) in [6.45, 7) is 10.2. The summed E-state index contributed by atoms with van der Waals surface area (Å²) in [6, 6.07) is 0.563. The van der Waals surface area contributed by atoms with Gasteiger partial charge in [0.25, 0.3) is 0 Å². The molecule has 2 rings (SSSR count). The average molecular weight is 281 g/mol. The van der Waals surface area contributed by atoms with Crippen LogP contribution >= 0.6 is 0 Å². The molecule has 0 radical (unpaired) electrons. The summed E-state index contributed by atoms with van der Waals surface area (Å²) >= 11 is 0. The van der Waals surface area contributed by atoms with E-state index >= 15 is 0 Å². The molecule has 1 amide bonds. The predicted octanol–water partition coefficient (Wildman–Crippen LogP) is 1.71. The smallest absolute Gasteiger partial charge is 0.236 e. The SMILES string of the molecule is CCNC(C)C1CCCN(CC(=O)N2CCCCC2)C1. The molecule has 0 aromatic heterocycles. The van der Waals surface area contributed by atoms with Crippen molar-refractivity contribution in [1.29, 1.82) is 0 Å². The lowest BCUT2D eigenvalue weighted by molar-refractivity contribution is -0.133. The molecule has 4 nitrogen and oxygen atoms in total. The molecule has 0 bridgehead atoms. The first kappa shape index (κ1) is 15.8. The van der Waals surface area contributed by atoms with Gasteiger partial charge in [-0.05, 0) is 58.0 Å². The third kappa shape index (κ3) is 4.45. The first-order valence-corrected chi connectivity index (χ1v) is 8.44. The Hall–Kier alpha value is -0.610. The van der Waals surface area contributed by atoms with Gasteiger partial charge in [-0.25, -0.2) is 0 Å². The molecule has 2 atom stereocenters. The van der Waals surface area contributed by atoms with Crippen molar-refractivity contribution < 1.29 is 4.79 Å². The fourth-order valence-corrected chi connectivity index (χ4v) is 3.57. The van der Waals surface area contributed by atoms with Crippen LogP contribution in [0.3, 0.4) is 0 Å². The molecular weight excluding hydrogens is 250 g/mol. The Kier molecular flexibility index (Phi) is 6.30. The Morgan fingerprint density at radius 3 is 2.65 bits per heavy atom. The minimum Gasteiger partial charge on any atom is -0.342 e. The van der Waals surface area contributed by atoms with Gasteiger partial charge in [-0.2, -0.15) is 0 Å². The number of amides is 1. The Morgan fingerprint density at radius 1 is 1.20 bits per heavy atom. The summed E-state index contributed by atoms with van der Waals surface area (Å²) in [5.41, 5.74) is 0. The highest BCUT2D eigenvalue weighted by Gasteiger charge is 2.26. The van der Waals surface area contributed by atoms with Gasteiger partial charge in [-0.3, -0.25) is 9.69 Å². The quantitative estimate of drug-likeness (QED) is 0.833. The lowest BCUT2D eigenvalue weighted by Crippen LogP contribution is -2.48. The molecule has 116 valence electrons. The molecule has 2 aliphatic rings. The fourth-order valence-electron chi connectivity index (χ4n) is 3.57. The number of hydrogen-bond donors (Lipinski definition) is 1. The van der Waals surface area contributed by atoms with Gasteiger partial charge in [0.2, 0.25) is 5.91 Å². The molecule has 2 heterocycles. The maximum Gasteiger partial charge on any atom is 0.236 e. The topological polar surface area (TPSA) is 35.6 Å². The van der Waals surface area contributed by atoms with Crippen LogP contribution in [0.4, 0.5) is 0 Å². The second kappa shape index (κ2) is 7.99. The zero-order valence-electron chi connectivity index (χ0n) is 13.2. The summed E-state index contributed by atoms with van der Waals surface area (Å²) in [5.74, 6) is 1.04. The molecule has 0 saturated carbocycles. The van der Waals surface area contributed by atoms with Crippen LogP contribution in [0.25, 0.3) is 0 Å². The standard InChI is InChI=1S/C16H31N3O/c1-3-17-14(2)15-8-7-9-18(12-15)13-16(20)19-10-5-4-6-11-19/h14-15,17H,3-13H2,1-2H3. The molecule has 2 aliphatic heterocycles. The highest BCUT2D eigenvalue weighted by molar-refractivity contribution is 5.78. The highest BCUT2D eigenvalue weighted by atomic mass is 16.2. The number of piperidine rings is 2. The van der Waals surface area contributed by atoms with Crippen molar-refractivity contribution in [1.82, 2.24) is 15.1 Å². The van der Waals surface area contributed by atoms with E-state index in [-0.39, 0.29) is 0 Å². The van der Waals surface area contributed by atoms with Gasteiger partial charge in [0.05, 0.1) is 6.54 Å². The van der Waals surface area contributed by atoms with E-state index in [0.29, 0.717) is 24.4 Å². The second-order valence-electron chi connectivity index (χ2n) is 6.43. The van der Waals surface area contributed by atoms with E-state index in [0.717, 1.165) is 32.7 Å². The van der Waals surface area contributed by atoms with Crippen LogP contribution in [0.15, 0.2) is 0 Å². The number of carbonyl (C=O) groups excluding carboxylic acids is 1. The van der Waals surface area contributed by atoms with Crippen LogP contribution in [0.5, 0.6) is 0 Å². The van der Waals surface area contributed by atoms with Gasteiger partial charge in [-0.1, -0.05) is 6.92 Å². The highest BCUT2D eigenvalue weighted by Crippen LogP contribution is 2.20. The fraction of sp³-hybridized carbons (Fsp3) is 0.938. The van der Waals surface area contributed by atoms with Gasteiger partial charge in [0.1, 0.15) is 0 Å². The van der Waals surface area contributed by atoms with E-state index in [1.807, 2.05) is 0 Å². The molecule has 0 aromatic carbocycles. The van der Waals surface area contributed by atoms with Crippen LogP contribution in [-0.2, 0) is 4.79 Å². The lowest BCUT2D eigenvalue weighted by atomic mass is 9.91. The van der Waals surface area contributed by atoms with E-state index < -0.39 is 0 Å². The van der Waals surface area contributed by atoms with Gasteiger partial charge in [0.15, 0.2) is 0 Å². The molecule has 1 N–H and O–H groups in total. The van der Waals surface area contributed by atoms with Gasteiger partial charge >= 0.3 is 0 Å². The van der Waals surface area contributed by atoms with Crippen molar-refractivity contribution in [2.45, 2.75) is 52.0 Å². The molecular formula is C16H31N3O. The Morgan fingerprint density at radius 2 is 1.95 bits per heavy atom. The lowest BCUT2D eigenvalue weighted by Gasteiger charge is -2.37. The van der Waals surface area contributed by atoms with E-state index in [2.05, 4.69) is 29.0 Å². The summed E-state index contributed by atoms with van der Waals surface area (Å²) in [4.78, 5) is 16.8. The molecule has 2 fully saturated rings. The van der Waals surface area contributed by atoms with E-state index in [1.165, 1.54) is 32.1 Å². The zero-order valence-corrected chi connectivity index (χ0v) is 13.2. The van der Waals surface area contributed by atoms with Crippen LogP contribution in [-0.4, -0.2) is 61.0 Å². The van der Waals surface area contributed by atoms with Crippen LogP contribution < -0.4 is 5.32 Å². The minimum absolute atomic E-state index is 0.349. The van der Waals surface area contributed by atoms with Crippen LogP contribution in [0.2, 0.25) is 0 Å². The van der Waals surface area contributed by atoms with Crippen molar-refractivity contribution >= 4 is 5.91 Å². The Bertz CT molecular complexity index is 302. The van der Waals surface area contributed by atoms with Gasteiger partial charge in [0, 0.05) is 25.7 Å². The third-order valence-corrected chi connectivity index (χ3v) is 4.84. The molecule has 4 heteroatoms. The van der Waals surface area contributed by atoms with E-state index in [9.17, 15) is 4.79 Å². The molecule has 0 aliphatic carbocycles. The summed E-state index contributed by atoms with van der Waals surface area (Å²) in [5, 5.41) is 3.53. The predicted molar refractivity (Wildman–Crippen MR) is 82.7 cm³/mol. The van der Waals surface area contributed by atoms with E-state index in [1.54, 1.807) is 0 Å². The molecule has 2 saturated heterocycles. The van der Waals surface area contributed by atoms with Crippen LogP contribution in [0.1, 0.15) is 46.0 Å². The van der Waals surface area contributed by atoms with Crippen LogP contribution in [0, 0.1) is 5.92 Å². The number of carbonyl (C=O) groups is 1. The van der Waals surface area contributed by atoms with E-state index in [4.69, 9.17) is 0 Å². The maximum absolute atomic E-state index is 12.3. The second-order valence-corrected chi connectivity index (χ2v) is 6.43.